The van der Waals surface area contributed by atoms with Crippen molar-refractivity contribution in [2.24, 2.45) is 5.41 Å². The highest BCUT2D eigenvalue weighted by Gasteiger charge is 2.54. The molecule has 1 fully saturated rings. The van der Waals surface area contributed by atoms with E-state index in [0.717, 1.165) is 19.4 Å². The van der Waals surface area contributed by atoms with Crippen LogP contribution < -0.4 is 14.0 Å². The summed E-state index contributed by atoms with van der Waals surface area (Å²) in [5.41, 5.74) is 4.35. The molecule has 0 spiro atoms. The van der Waals surface area contributed by atoms with Crippen LogP contribution in [0.2, 0.25) is 0 Å². The highest BCUT2D eigenvalue weighted by atomic mass is 35.7. The van der Waals surface area contributed by atoms with Gasteiger partial charge in [-0.3, -0.25) is 4.90 Å². The number of fused-ring (bicyclic) bond motifs is 3. The molecule has 1 saturated heterocycles. The topological polar surface area (TPSA) is 124 Å². The number of halogens is 1. The molecule has 0 saturated carbocycles. The summed E-state index contributed by atoms with van der Waals surface area (Å²) in [6.07, 6.45) is 8.19. The molecule has 0 aliphatic carbocycles. The van der Waals surface area contributed by atoms with Crippen LogP contribution in [-0.4, -0.2) is 40.3 Å². The van der Waals surface area contributed by atoms with Gasteiger partial charge < -0.3 is 9.30 Å². The number of unbranched alkanes of at least 4 members (excludes halogenated alkanes) is 1. The third-order valence-electron chi connectivity index (χ3n) is 7.44. The Morgan fingerprint density at radius 2 is 2.00 bits per heavy atom. The quantitative estimate of drug-likeness (QED) is 0.651. The molecule has 0 amide bonds. The third-order valence-corrected chi connectivity index (χ3v) is 7.44. The Morgan fingerprint density at radius 3 is 2.69 bits per heavy atom. The minimum Gasteiger partial charge on any atom is -0.467 e. The highest BCUT2D eigenvalue weighted by molar-refractivity contribution is 5.89. The summed E-state index contributed by atoms with van der Waals surface area (Å²) >= 11 is 0. The third kappa shape index (κ3) is 4.16. The van der Waals surface area contributed by atoms with E-state index in [1.807, 2.05) is 0 Å². The normalized spacial score (nSPS) is 26.8. The van der Waals surface area contributed by atoms with E-state index in [0.29, 0.717) is 6.04 Å². The predicted molar refractivity (Wildman–Crippen MR) is 109 cm³/mol. The van der Waals surface area contributed by atoms with E-state index < -0.39 is 10.2 Å². The van der Waals surface area contributed by atoms with Crippen molar-refractivity contribution in [3.05, 3.63) is 35.5 Å². The van der Waals surface area contributed by atoms with Crippen LogP contribution in [0.5, 0.6) is 0 Å². The average molecular weight is 467 g/mol. The molecule has 3 aliphatic rings. The number of ether oxygens (including phenoxy) is 1. The Kier molecular flexibility index (Phi) is 6.55. The van der Waals surface area contributed by atoms with Gasteiger partial charge in [0, 0.05) is 23.1 Å². The summed E-state index contributed by atoms with van der Waals surface area (Å²) in [7, 11) is -3.15. The van der Waals surface area contributed by atoms with Crippen molar-refractivity contribution in [3.63, 3.8) is 0 Å². The number of hydrogen-bond donors (Lipinski definition) is 1. The van der Waals surface area contributed by atoms with Gasteiger partial charge in [0.2, 0.25) is 0 Å². The summed E-state index contributed by atoms with van der Waals surface area (Å²) in [6.45, 7) is 4.63. The van der Waals surface area contributed by atoms with Crippen LogP contribution in [0.1, 0.15) is 68.8 Å². The molecule has 5 rings (SSSR count). The van der Waals surface area contributed by atoms with Gasteiger partial charge in [-0.05, 0) is 55.7 Å². The fourth-order valence-electron chi connectivity index (χ4n) is 6.40. The van der Waals surface area contributed by atoms with E-state index in [2.05, 4.69) is 40.7 Å². The van der Waals surface area contributed by atoms with Crippen LogP contribution in [-0.2, 0) is 16.0 Å². The van der Waals surface area contributed by atoms with Gasteiger partial charge in [-0.25, -0.2) is 4.79 Å². The van der Waals surface area contributed by atoms with Crippen molar-refractivity contribution in [2.75, 3.05) is 20.2 Å². The van der Waals surface area contributed by atoms with Crippen LogP contribution in [0.15, 0.2) is 24.3 Å². The molecular weight excluding hydrogens is 436 g/mol. The molecule has 1 N–H and O–H groups in total. The van der Waals surface area contributed by atoms with Crippen LogP contribution in [0, 0.1) is 15.7 Å². The van der Waals surface area contributed by atoms with E-state index in [1.54, 1.807) is 7.11 Å². The smallest absolute Gasteiger partial charge is 0.328 e. The number of carbonyl (C=O) groups excluding carboxylic acids is 1. The zero-order valence-electron chi connectivity index (χ0n) is 18.6. The first-order valence-electron chi connectivity index (χ1n) is 11.3. The molecule has 1 unspecified atom stereocenters. The summed E-state index contributed by atoms with van der Waals surface area (Å²) in [4.78, 5) is 15.6. The standard InChI is InChI=1S/C23H30N2O2.ClHO4/c1-3-4-11-23-12-7-13-24-14-10-17-16-8-5-6-9-18(16)25(20(17)21(23)24)19(15-23)22(26)27-2;2-1(3,4)5/h5-6,8-9,19,21H,3-4,7,10-15H2,1-2H3;(H,2,3,4,5)/t19?,21-,23+;/m0./s1. The average Bonchev–Trinajstić information content (AvgIpc) is 3.10. The first-order chi connectivity index (χ1) is 15.2. The number of hydrogen-bond acceptors (Lipinski definition) is 7. The molecule has 3 atom stereocenters. The van der Waals surface area contributed by atoms with E-state index in [-0.39, 0.29) is 17.4 Å². The lowest BCUT2D eigenvalue weighted by Gasteiger charge is -2.56. The minimum absolute atomic E-state index is 0.0735. The number of aromatic nitrogens is 1. The predicted octanol–water partition coefficient (Wildman–Crippen LogP) is 0.505. The molecular formula is C23H31ClN2O6. The van der Waals surface area contributed by atoms with Crippen LogP contribution >= 0.6 is 0 Å². The molecule has 1 aromatic carbocycles. The lowest BCUT2D eigenvalue weighted by molar-refractivity contribution is -1.92. The number of carbonyl (C=O) groups is 1. The lowest BCUT2D eigenvalue weighted by atomic mass is 9.62. The summed E-state index contributed by atoms with van der Waals surface area (Å²) in [6, 6.07) is 8.95. The summed E-state index contributed by atoms with van der Waals surface area (Å²) < 4.78 is 40.4. The van der Waals surface area contributed by atoms with Crippen LogP contribution in [0.4, 0.5) is 0 Å². The van der Waals surface area contributed by atoms with Crippen molar-refractivity contribution in [2.45, 2.75) is 64.0 Å². The molecule has 1 aromatic heterocycles. The monoisotopic (exact) mass is 466 g/mol. The zero-order chi connectivity index (χ0) is 23.1. The van der Waals surface area contributed by atoms with Crippen molar-refractivity contribution >= 4 is 16.9 Å². The molecule has 32 heavy (non-hydrogen) atoms. The molecule has 2 aromatic rings. The molecule has 3 aliphatic heterocycles. The second-order valence-electron chi connectivity index (χ2n) is 9.15. The van der Waals surface area contributed by atoms with Gasteiger partial charge in [0.1, 0.15) is 6.04 Å². The summed E-state index contributed by atoms with van der Waals surface area (Å²) in [5.74, 6) is -0.0735. The second-order valence-corrected chi connectivity index (χ2v) is 9.94. The fourth-order valence-corrected chi connectivity index (χ4v) is 6.40. The maximum atomic E-state index is 12.9. The van der Waals surface area contributed by atoms with Gasteiger partial charge in [0.15, 0.2) is 0 Å². The number of piperidine rings is 1. The Balaban J connectivity index is 0.000000444. The Morgan fingerprint density at radius 1 is 1.28 bits per heavy atom. The highest BCUT2D eigenvalue weighted by Crippen LogP contribution is 2.60. The first-order valence-corrected chi connectivity index (χ1v) is 12.5. The SMILES string of the molecule is CCCC[C@@]12CCCN3CCc4c(n(c5ccccc45)C(C(=O)OC)C1)[C@H]32.[O-][Cl+3]([O-])([O-])O. The zero-order valence-corrected chi connectivity index (χ0v) is 19.3. The largest absolute Gasteiger partial charge is 0.467 e. The number of benzene rings is 1. The van der Waals surface area contributed by atoms with Gasteiger partial charge in [-0.2, -0.15) is 14.0 Å². The van der Waals surface area contributed by atoms with Gasteiger partial charge >= 0.3 is 5.97 Å². The lowest BCUT2D eigenvalue weighted by Crippen LogP contribution is -2.58. The maximum Gasteiger partial charge on any atom is 0.328 e. The first kappa shape index (κ1) is 23.5. The number of rotatable bonds is 4. The van der Waals surface area contributed by atoms with Gasteiger partial charge in [0.05, 0.1) is 28.1 Å². The Hall–Kier alpha value is -1.68. The van der Waals surface area contributed by atoms with Crippen LogP contribution in [0.25, 0.3) is 10.9 Å². The fraction of sp³-hybridized carbons (Fsp3) is 0.609. The van der Waals surface area contributed by atoms with Crippen molar-refractivity contribution in [3.8, 4) is 0 Å². The van der Waals surface area contributed by atoms with E-state index >= 15 is 0 Å². The molecule has 176 valence electrons. The van der Waals surface area contributed by atoms with E-state index in [9.17, 15) is 4.79 Å². The molecule has 9 heteroatoms. The maximum absolute atomic E-state index is 12.9. The molecule has 8 nitrogen and oxygen atoms in total. The number of methoxy groups -OCH3 is 1. The van der Waals surface area contributed by atoms with E-state index in [4.69, 9.17) is 23.4 Å². The van der Waals surface area contributed by atoms with E-state index in [1.165, 1.54) is 60.8 Å². The van der Waals surface area contributed by atoms with Crippen molar-refractivity contribution in [1.29, 1.82) is 0 Å². The number of para-hydroxylation sites is 1. The molecule has 0 radical (unpaired) electrons. The Bertz CT molecular complexity index is 981. The summed E-state index contributed by atoms with van der Waals surface area (Å²) in [5, 5.41) is 1.35. The van der Waals surface area contributed by atoms with Crippen LogP contribution in [0.3, 0.4) is 0 Å². The number of nitrogens with zero attached hydrogens (tertiary/aromatic N) is 2. The number of esters is 1. The Labute approximate surface area is 190 Å². The van der Waals surface area contributed by atoms with Crippen molar-refractivity contribution < 1.29 is 38.4 Å². The molecule has 4 heterocycles. The van der Waals surface area contributed by atoms with Gasteiger partial charge in [-0.1, -0.05) is 38.0 Å². The van der Waals surface area contributed by atoms with Gasteiger partial charge in [-0.15, -0.1) is 0 Å². The van der Waals surface area contributed by atoms with Gasteiger partial charge in [0.25, 0.3) is 0 Å². The second kappa shape index (κ2) is 8.93. The molecule has 0 bridgehead atoms. The minimum atomic E-state index is -4.69. The van der Waals surface area contributed by atoms with Crippen molar-refractivity contribution in [1.82, 2.24) is 9.47 Å².